The van der Waals surface area contributed by atoms with Crippen LogP contribution in [0.25, 0.3) is 0 Å². The van der Waals surface area contributed by atoms with Crippen molar-refractivity contribution in [3.05, 3.63) is 42.5 Å². The maximum atomic E-state index is 12.8. The largest absolute Gasteiger partial charge is 0.351 e. The molecule has 7 heteroatoms. The summed E-state index contributed by atoms with van der Waals surface area (Å²) >= 11 is 1.39. The molecule has 1 amide bonds. The van der Waals surface area contributed by atoms with Crippen LogP contribution in [0.15, 0.2) is 41.6 Å². The summed E-state index contributed by atoms with van der Waals surface area (Å²) in [5, 5.41) is 10.7. The first-order valence-electron chi connectivity index (χ1n) is 7.06. The summed E-state index contributed by atoms with van der Waals surface area (Å²) in [5.74, 6) is 0.255. The van der Waals surface area contributed by atoms with Crippen molar-refractivity contribution in [2.75, 3.05) is 5.75 Å². The first-order valence-corrected chi connectivity index (χ1v) is 8.05. The van der Waals surface area contributed by atoms with E-state index in [0.29, 0.717) is 12.3 Å². The molecule has 1 atom stereocenters. The minimum atomic E-state index is -0.276. The van der Waals surface area contributed by atoms with E-state index in [9.17, 15) is 9.18 Å². The molecule has 0 bridgehead atoms. The van der Waals surface area contributed by atoms with Crippen LogP contribution >= 0.6 is 11.8 Å². The van der Waals surface area contributed by atoms with Crippen molar-refractivity contribution in [2.45, 2.75) is 31.3 Å². The average Bonchev–Trinajstić information content (AvgIpc) is 2.99. The zero-order valence-corrected chi connectivity index (χ0v) is 13.4. The molecule has 1 N–H and O–H groups in total. The van der Waals surface area contributed by atoms with Crippen LogP contribution in [0.2, 0.25) is 0 Å². The molecule has 0 aliphatic carbocycles. The topological polar surface area (TPSA) is 59.8 Å². The van der Waals surface area contributed by atoms with Crippen molar-refractivity contribution in [1.29, 1.82) is 0 Å². The standard InChI is InChI=1S/C15H19FN4OS/c1-11(2)14(9-20-8-7-17-19-20)18-15(21)10-22-13-5-3-12(16)4-6-13/h3-8,11,14H,9-10H2,1-2H3,(H,18,21). The second kappa shape index (κ2) is 7.93. The smallest absolute Gasteiger partial charge is 0.230 e. The molecule has 2 aromatic rings. The summed E-state index contributed by atoms with van der Waals surface area (Å²) in [6.07, 6.45) is 3.39. The number of carbonyl (C=O) groups excluding carboxylic acids is 1. The Kier molecular flexibility index (Phi) is 5.94. The van der Waals surface area contributed by atoms with Crippen LogP contribution in [0.1, 0.15) is 13.8 Å². The van der Waals surface area contributed by atoms with E-state index in [0.717, 1.165) is 4.90 Å². The lowest BCUT2D eigenvalue weighted by Gasteiger charge is -2.22. The SMILES string of the molecule is CC(C)C(Cn1ccnn1)NC(=O)CSc1ccc(F)cc1. The van der Waals surface area contributed by atoms with Crippen LogP contribution in [0.4, 0.5) is 4.39 Å². The van der Waals surface area contributed by atoms with E-state index < -0.39 is 0 Å². The molecule has 0 aliphatic rings. The Morgan fingerprint density at radius 2 is 2.09 bits per heavy atom. The van der Waals surface area contributed by atoms with Crippen molar-refractivity contribution in [2.24, 2.45) is 5.92 Å². The zero-order valence-electron chi connectivity index (χ0n) is 12.6. The second-order valence-corrected chi connectivity index (χ2v) is 6.33. The summed E-state index contributed by atoms with van der Waals surface area (Å²) in [7, 11) is 0. The Morgan fingerprint density at radius 1 is 1.36 bits per heavy atom. The molecular weight excluding hydrogens is 303 g/mol. The number of aromatic nitrogens is 3. The lowest BCUT2D eigenvalue weighted by molar-refractivity contribution is -0.119. The van der Waals surface area contributed by atoms with Gasteiger partial charge in [0.05, 0.1) is 24.5 Å². The maximum Gasteiger partial charge on any atom is 0.230 e. The Bertz CT molecular complexity index is 586. The van der Waals surface area contributed by atoms with Crippen molar-refractivity contribution in [1.82, 2.24) is 20.3 Å². The van der Waals surface area contributed by atoms with Crippen LogP contribution in [0.3, 0.4) is 0 Å². The number of rotatable bonds is 7. The molecule has 22 heavy (non-hydrogen) atoms. The fourth-order valence-corrected chi connectivity index (χ4v) is 2.59. The Hall–Kier alpha value is -1.89. The quantitative estimate of drug-likeness (QED) is 0.795. The van der Waals surface area contributed by atoms with Gasteiger partial charge in [0.15, 0.2) is 0 Å². The van der Waals surface area contributed by atoms with Gasteiger partial charge >= 0.3 is 0 Å². The number of hydrogen-bond donors (Lipinski definition) is 1. The summed E-state index contributed by atoms with van der Waals surface area (Å²) in [6.45, 7) is 4.69. The monoisotopic (exact) mass is 322 g/mol. The van der Waals surface area contributed by atoms with Gasteiger partial charge in [0.1, 0.15) is 5.82 Å². The molecular formula is C15H19FN4OS. The van der Waals surface area contributed by atoms with Gasteiger partial charge in [-0.05, 0) is 30.2 Å². The molecule has 5 nitrogen and oxygen atoms in total. The minimum absolute atomic E-state index is 0.0111. The minimum Gasteiger partial charge on any atom is -0.351 e. The molecule has 1 aromatic heterocycles. The highest BCUT2D eigenvalue weighted by Gasteiger charge is 2.17. The van der Waals surface area contributed by atoms with Gasteiger partial charge in [0, 0.05) is 11.1 Å². The molecule has 118 valence electrons. The van der Waals surface area contributed by atoms with E-state index in [1.165, 1.54) is 23.9 Å². The molecule has 1 unspecified atom stereocenters. The van der Waals surface area contributed by atoms with Gasteiger partial charge in [-0.25, -0.2) is 4.39 Å². The fraction of sp³-hybridized carbons (Fsp3) is 0.400. The number of carbonyl (C=O) groups is 1. The van der Waals surface area contributed by atoms with E-state index in [1.807, 2.05) is 0 Å². The number of nitrogens with one attached hydrogen (secondary N) is 1. The van der Waals surface area contributed by atoms with Gasteiger partial charge in [-0.15, -0.1) is 16.9 Å². The van der Waals surface area contributed by atoms with Gasteiger partial charge in [0.25, 0.3) is 0 Å². The number of nitrogens with zero attached hydrogens (tertiary/aromatic N) is 3. The molecule has 2 rings (SSSR count). The van der Waals surface area contributed by atoms with Crippen molar-refractivity contribution in [3.63, 3.8) is 0 Å². The van der Waals surface area contributed by atoms with Crippen LogP contribution in [0.5, 0.6) is 0 Å². The summed E-state index contributed by atoms with van der Waals surface area (Å²) in [5.41, 5.74) is 0. The maximum absolute atomic E-state index is 12.8. The first kappa shape index (κ1) is 16.5. The third-order valence-corrected chi connectivity index (χ3v) is 4.20. The van der Waals surface area contributed by atoms with Crippen molar-refractivity contribution in [3.8, 4) is 0 Å². The number of hydrogen-bond acceptors (Lipinski definition) is 4. The van der Waals surface area contributed by atoms with Gasteiger partial charge in [-0.1, -0.05) is 19.1 Å². The van der Waals surface area contributed by atoms with Gasteiger partial charge in [-0.3, -0.25) is 9.48 Å². The molecule has 1 aromatic carbocycles. The predicted octanol–water partition coefficient (Wildman–Crippen LogP) is 2.35. The van der Waals surface area contributed by atoms with Gasteiger partial charge in [-0.2, -0.15) is 0 Å². The van der Waals surface area contributed by atoms with E-state index in [4.69, 9.17) is 0 Å². The van der Waals surface area contributed by atoms with E-state index in [-0.39, 0.29) is 23.7 Å². The number of benzene rings is 1. The number of thioether (sulfide) groups is 1. The van der Waals surface area contributed by atoms with Gasteiger partial charge < -0.3 is 5.32 Å². The molecule has 0 radical (unpaired) electrons. The molecule has 0 saturated heterocycles. The van der Waals surface area contributed by atoms with E-state index >= 15 is 0 Å². The Morgan fingerprint density at radius 3 is 2.68 bits per heavy atom. The van der Waals surface area contributed by atoms with E-state index in [1.54, 1.807) is 29.2 Å². The zero-order chi connectivity index (χ0) is 15.9. The summed E-state index contributed by atoms with van der Waals surface area (Å²) in [4.78, 5) is 12.9. The first-order chi connectivity index (χ1) is 10.5. The molecule has 0 fully saturated rings. The van der Waals surface area contributed by atoms with E-state index in [2.05, 4.69) is 29.5 Å². The van der Waals surface area contributed by atoms with Crippen LogP contribution in [-0.2, 0) is 11.3 Å². The van der Waals surface area contributed by atoms with Crippen LogP contribution in [0, 0.1) is 11.7 Å². The summed E-state index contributed by atoms with van der Waals surface area (Å²) in [6, 6.07) is 6.11. The molecule has 0 aliphatic heterocycles. The molecule has 0 saturated carbocycles. The van der Waals surface area contributed by atoms with Gasteiger partial charge in [0.2, 0.25) is 5.91 Å². The average molecular weight is 322 g/mol. The van der Waals surface area contributed by atoms with Crippen molar-refractivity contribution >= 4 is 17.7 Å². The lowest BCUT2D eigenvalue weighted by atomic mass is 10.0. The number of halogens is 1. The number of amides is 1. The predicted molar refractivity (Wildman–Crippen MR) is 83.9 cm³/mol. The normalized spacial score (nSPS) is 12.4. The summed E-state index contributed by atoms with van der Waals surface area (Å²) < 4.78 is 14.5. The highest BCUT2D eigenvalue weighted by Crippen LogP contribution is 2.18. The third kappa shape index (κ3) is 5.14. The van der Waals surface area contributed by atoms with Crippen LogP contribution < -0.4 is 5.32 Å². The third-order valence-electron chi connectivity index (χ3n) is 3.19. The van der Waals surface area contributed by atoms with Crippen LogP contribution in [-0.4, -0.2) is 32.7 Å². The molecule has 0 spiro atoms. The second-order valence-electron chi connectivity index (χ2n) is 5.29. The highest BCUT2D eigenvalue weighted by molar-refractivity contribution is 8.00. The highest BCUT2D eigenvalue weighted by atomic mass is 32.2. The lowest BCUT2D eigenvalue weighted by Crippen LogP contribution is -2.42. The Labute approximate surface area is 133 Å². The fourth-order valence-electron chi connectivity index (χ4n) is 1.88. The van der Waals surface area contributed by atoms with Crippen molar-refractivity contribution < 1.29 is 9.18 Å². The Balaban J connectivity index is 1.84. The molecule has 1 heterocycles.